The van der Waals surface area contributed by atoms with Crippen LogP contribution >= 0.6 is 0 Å². The van der Waals surface area contributed by atoms with Gasteiger partial charge < -0.3 is 14.3 Å². The quantitative estimate of drug-likeness (QED) is 0.764. The number of hydrogen-bond donors (Lipinski definition) is 1. The summed E-state index contributed by atoms with van der Waals surface area (Å²) in [6.07, 6.45) is -0.394. The van der Waals surface area contributed by atoms with Crippen molar-refractivity contribution in [2.45, 2.75) is 26.4 Å². The van der Waals surface area contributed by atoms with Crippen molar-refractivity contribution in [2.24, 2.45) is 0 Å². The van der Waals surface area contributed by atoms with E-state index in [1.807, 2.05) is 31.2 Å². The molecule has 3 aromatic rings. The number of carbonyl (C=O) groups is 1. The lowest BCUT2D eigenvalue weighted by molar-refractivity contribution is -0.144. The number of ether oxygens (including phenoxy) is 1. The van der Waals surface area contributed by atoms with E-state index in [1.165, 1.54) is 6.92 Å². The van der Waals surface area contributed by atoms with Gasteiger partial charge in [-0.05, 0) is 31.0 Å². The Hall–Kier alpha value is -3.08. The first-order valence-corrected chi connectivity index (χ1v) is 8.06. The minimum absolute atomic E-state index is 0.0816. The summed E-state index contributed by atoms with van der Waals surface area (Å²) in [4.78, 5) is 24.1. The van der Waals surface area contributed by atoms with Gasteiger partial charge in [0.1, 0.15) is 5.58 Å². The Morgan fingerprint density at radius 2 is 1.92 bits per heavy atom. The lowest BCUT2D eigenvalue weighted by Gasteiger charge is -2.14. The molecule has 2 aromatic carbocycles. The topological polar surface area (TPSA) is 76.7 Å². The van der Waals surface area contributed by atoms with E-state index in [0.717, 1.165) is 12.0 Å². The summed E-state index contributed by atoms with van der Waals surface area (Å²) in [7, 11) is 0. The van der Waals surface area contributed by atoms with Crippen LogP contribution in [0.25, 0.3) is 22.3 Å². The van der Waals surface area contributed by atoms with Gasteiger partial charge >= 0.3 is 5.97 Å². The van der Waals surface area contributed by atoms with Gasteiger partial charge in [0.2, 0.25) is 11.2 Å². The molecule has 5 heteroatoms. The van der Waals surface area contributed by atoms with Crippen molar-refractivity contribution < 1.29 is 19.1 Å². The Morgan fingerprint density at radius 1 is 1.20 bits per heavy atom. The highest BCUT2D eigenvalue weighted by Crippen LogP contribution is 2.31. The maximum atomic E-state index is 13.0. The average Bonchev–Trinajstić information content (AvgIpc) is 2.64. The number of benzene rings is 2. The van der Waals surface area contributed by atoms with Crippen LogP contribution in [0.3, 0.4) is 0 Å². The summed E-state index contributed by atoms with van der Waals surface area (Å²) in [5, 5.41) is 9.51. The molecule has 0 aliphatic rings. The molecule has 1 heterocycles. The molecule has 5 nitrogen and oxygen atoms in total. The van der Waals surface area contributed by atoms with E-state index >= 15 is 0 Å². The van der Waals surface area contributed by atoms with Crippen LogP contribution in [0.15, 0.2) is 57.7 Å². The summed E-state index contributed by atoms with van der Waals surface area (Å²) in [5.41, 5.74) is 1.71. The molecule has 3 rings (SSSR count). The number of aliphatic carboxylic acids is 1. The molecule has 0 amide bonds. The summed E-state index contributed by atoms with van der Waals surface area (Å²) >= 11 is 0. The fraction of sp³-hybridized carbons (Fsp3) is 0.200. The van der Waals surface area contributed by atoms with Crippen LogP contribution in [0.2, 0.25) is 0 Å². The van der Waals surface area contributed by atoms with Crippen molar-refractivity contribution in [3.05, 3.63) is 64.3 Å². The van der Waals surface area contributed by atoms with Crippen molar-refractivity contribution in [3.63, 3.8) is 0 Å². The number of fused-ring (bicyclic) bond motifs is 1. The van der Waals surface area contributed by atoms with Crippen molar-refractivity contribution >= 4 is 16.9 Å². The number of aryl methyl sites for hydroxylation is 1. The van der Waals surface area contributed by atoms with Gasteiger partial charge in [0, 0.05) is 5.56 Å². The number of hydrogen-bond acceptors (Lipinski definition) is 4. The summed E-state index contributed by atoms with van der Waals surface area (Å²) in [6.45, 7) is 3.37. The third-order valence-electron chi connectivity index (χ3n) is 4.00. The van der Waals surface area contributed by atoms with Gasteiger partial charge in [-0.2, -0.15) is 0 Å². The molecule has 0 saturated carbocycles. The lowest BCUT2D eigenvalue weighted by Crippen LogP contribution is -2.26. The van der Waals surface area contributed by atoms with Gasteiger partial charge in [-0.3, -0.25) is 4.79 Å². The third kappa shape index (κ3) is 3.26. The molecule has 0 radical (unpaired) electrons. The smallest absolute Gasteiger partial charge is 0.344 e. The van der Waals surface area contributed by atoms with Crippen LogP contribution in [-0.2, 0) is 11.2 Å². The second-order valence-electron chi connectivity index (χ2n) is 5.74. The highest BCUT2D eigenvalue weighted by atomic mass is 16.5. The van der Waals surface area contributed by atoms with Gasteiger partial charge in [0.15, 0.2) is 11.9 Å². The first kappa shape index (κ1) is 16.8. The van der Waals surface area contributed by atoms with E-state index in [2.05, 4.69) is 0 Å². The maximum absolute atomic E-state index is 13.0. The van der Waals surface area contributed by atoms with Crippen LogP contribution in [0, 0.1) is 0 Å². The van der Waals surface area contributed by atoms with Gasteiger partial charge in [-0.1, -0.05) is 43.3 Å². The summed E-state index contributed by atoms with van der Waals surface area (Å²) in [6, 6.07) is 14.4. The molecule has 1 atom stereocenters. The highest BCUT2D eigenvalue weighted by Gasteiger charge is 2.22. The molecule has 0 unspecified atom stereocenters. The predicted octanol–water partition coefficient (Wildman–Crippen LogP) is 3.87. The number of carboxylic acid groups (broad SMARTS) is 1. The fourth-order valence-electron chi connectivity index (χ4n) is 2.56. The summed E-state index contributed by atoms with van der Waals surface area (Å²) in [5.74, 6) is -1.00. The highest BCUT2D eigenvalue weighted by molar-refractivity contribution is 5.83. The van der Waals surface area contributed by atoms with Gasteiger partial charge in [0.05, 0.1) is 5.39 Å². The monoisotopic (exact) mass is 338 g/mol. The standard InChI is InChI=1S/C20H18O5/c1-3-13-9-10-16-15(11-13)17(21)19(24-12(2)20(22)23)18(25-16)14-7-5-4-6-8-14/h4-12H,3H2,1-2H3,(H,22,23)/t12-/m0/s1. The molecule has 0 fully saturated rings. The molecule has 1 aromatic heterocycles. The minimum Gasteiger partial charge on any atom is -0.479 e. The summed E-state index contributed by atoms with van der Waals surface area (Å²) < 4.78 is 11.4. The van der Waals surface area contributed by atoms with Crippen molar-refractivity contribution in [2.75, 3.05) is 0 Å². The third-order valence-corrected chi connectivity index (χ3v) is 4.00. The number of rotatable bonds is 5. The van der Waals surface area contributed by atoms with Crippen LogP contribution in [0.1, 0.15) is 19.4 Å². The lowest BCUT2D eigenvalue weighted by atomic mass is 10.1. The Kier molecular flexibility index (Phi) is 4.57. The second-order valence-corrected chi connectivity index (χ2v) is 5.74. The van der Waals surface area contributed by atoms with Crippen molar-refractivity contribution in [1.82, 2.24) is 0 Å². The molecule has 128 valence electrons. The zero-order valence-electron chi connectivity index (χ0n) is 14.0. The molecular formula is C20H18O5. The largest absolute Gasteiger partial charge is 0.479 e. The molecule has 0 saturated heterocycles. The van der Waals surface area contributed by atoms with E-state index in [1.54, 1.807) is 24.3 Å². The van der Waals surface area contributed by atoms with Gasteiger partial charge in [-0.15, -0.1) is 0 Å². The maximum Gasteiger partial charge on any atom is 0.344 e. The Morgan fingerprint density at radius 3 is 2.56 bits per heavy atom. The van der Waals surface area contributed by atoms with E-state index < -0.39 is 12.1 Å². The zero-order valence-corrected chi connectivity index (χ0v) is 14.0. The zero-order chi connectivity index (χ0) is 18.0. The average molecular weight is 338 g/mol. The Balaban J connectivity index is 2.28. The SMILES string of the molecule is CCc1ccc2oc(-c3ccccc3)c(O[C@@H](C)C(=O)O)c(=O)c2c1. The van der Waals surface area contributed by atoms with E-state index in [0.29, 0.717) is 16.5 Å². The number of carboxylic acids is 1. The predicted molar refractivity (Wildman–Crippen MR) is 95.0 cm³/mol. The van der Waals surface area contributed by atoms with E-state index in [4.69, 9.17) is 14.3 Å². The van der Waals surface area contributed by atoms with E-state index in [9.17, 15) is 9.59 Å². The van der Waals surface area contributed by atoms with Crippen LogP contribution < -0.4 is 10.2 Å². The van der Waals surface area contributed by atoms with Crippen molar-refractivity contribution in [1.29, 1.82) is 0 Å². The Bertz CT molecular complexity index is 973. The first-order valence-electron chi connectivity index (χ1n) is 8.06. The van der Waals surface area contributed by atoms with Crippen molar-refractivity contribution in [3.8, 4) is 17.1 Å². The molecule has 0 aliphatic carbocycles. The van der Waals surface area contributed by atoms with Gasteiger partial charge in [0.25, 0.3) is 0 Å². The van der Waals surface area contributed by atoms with Crippen LogP contribution in [-0.4, -0.2) is 17.2 Å². The second kappa shape index (κ2) is 6.81. The van der Waals surface area contributed by atoms with E-state index in [-0.39, 0.29) is 16.9 Å². The molecule has 25 heavy (non-hydrogen) atoms. The Labute approximate surface area is 144 Å². The molecule has 0 bridgehead atoms. The molecule has 0 spiro atoms. The van der Waals surface area contributed by atoms with Gasteiger partial charge in [-0.25, -0.2) is 4.79 Å². The minimum atomic E-state index is -1.17. The fourth-order valence-corrected chi connectivity index (χ4v) is 2.56. The molecule has 0 aliphatic heterocycles. The first-order chi connectivity index (χ1) is 12.0. The van der Waals surface area contributed by atoms with Crippen LogP contribution in [0.4, 0.5) is 0 Å². The molecule has 1 N–H and O–H groups in total. The molecular weight excluding hydrogens is 320 g/mol. The van der Waals surface area contributed by atoms with Crippen LogP contribution in [0.5, 0.6) is 5.75 Å². The normalized spacial score (nSPS) is 12.1.